The number of unbranched alkanes of at least 4 members (excludes halogenated alkanes) is 3. The Hall–Kier alpha value is -2.51. The van der Waals surface area contributed by atoms with Crippen LogP contribution in [0.2, 0.25) is 0 Å². The van der Waals surface area contributed by atoms with Gasteiger partial charge in [0.1, 0.15) is 11.6 Å². The van der Waals surface area contributed by atoms with E-state index >= 15 is 4.39 Å². The van der Waals surface area contributed by atoms with Gasteiger partial charge in [-0.05, 0) is 54.0 Å². The third kappa shape index (κ3) is 6.43. The number of hydrogen-bond acceptors (Lipinski definition) is 2. The van der Waals surface area contributed by atoms with Crippen molar-refractivity contribution in [2.24, 2.45) is 5.92 Å². The van der Waals surface area contributed by atoms with Crippen molar-refractivity contribution in [3.05, 3.63) is 82.4 Å². The Morgan fingerprint density at radius 3 is 2.33 bits per heavy atom. The molecule has 4 rings (SSSR count). The lowest BCUT2D eigenvalue weighted by atomic mass is 9.98. The van der Waals surface area contributed by atoms with Crippen LogP contribution in [0, 0.1) is 17.6 Å². The summed E-state index contributed by atoms with van der Waals surface area (Å²) in [7, 11) is 0. The fraction of sp³-hybridized carbons (Fsp3) is 0.448. The first-order valence-electron chi connectivity index (χ1n) is 12.6. The third-order valence-electron chi connectivity index (χ3n) is 6.78. The van der Waals surface area contributed by atoms with Gasteiger partial charge in [-0.25, -0.2) is 8.78 Å². The minimum Gasteiger partial charge on any atom is -0.348 e. The minimum atomic E-state index is -4.74. The van der Waals surface area contributed by atoms with Crippen molar-refractivity contribution in [2.75, 3.05) is 13.2 Å². The van der Waals surface area contributed by atoms with E-state index in [0.717, 1.165) is 24.1 Å². The monoisotopic (exact) mass is 506 g/mol. The van der Waals surface area contributed by atoms with Gasteiger partial charge in [0.05, 0.1) is 18.8 Å². The van der Waals surface area contributed by atoms with Crippen LogP contribution >= 0.6 is 0 Å². The zero-order valence-corrected chi connectivity index (χ0v) is 20.3. The molecule has 0 atom stereocenters. The molecule has 0 aliphatic carbocycles. The molecule has 3 aromatic carbocycles. The van der Waals surface area contributed by atoms with Crippen molar-refractivity contribution >= 4 is 10.8 Å². The molecular weight excluding hydrogens is 475 g/mol. The number of aryl methyl sites for hydroxylation is 2. The predicted molar refractivity (Wildman–Crippen MR) is 130 cm³/mol. The highest BCUT2D eigenvalue weighted by Crippen LogP contribution is 2.33. The van der Waals surface area contributed by atoms with Crippen molar-refractivity contribution in [2.45, 2.75) is 64.3 Å². The number of benzene rings is 3. The average molecular weight is 507 g/mol. The maximum atomic E-state index is 15.2. The first-order valence-corrected chi connectivity index (χ1v) is 12.6. The molecule has 1 aliphatic heterocycles. The summed E-state index contributed by atoms with van der Waals surface area (Å²) in [6.45, 7) is 3.48. The fourth-order valence-electron chi connectivity index (χ4n) is 4.68. The van der Waals surface area contributed by atoms with Gasteiger partial charge in [0.25, 0.3) is 0 Å². The first kappa shape index (κ1) is 26.6. The summed E-state index contributed by atoms with van der Waals surface area (Å²) in [5.74, 6) is -1.30. The van der Waals surface area contributed by atoms with Gasteiger partial charge in [0, 0.05) is 16.9 Å². The van der Waals surface area contributed by atoms with Crippen molar-refractivity contribution < 1.29 is 31.4 Å². The standard InChI is InChI=1S/C29H31F5O2/c1-2-3-4-5-6-20-17-35-28(36-18-20)23-12-13-24-22(16-23)11-10-21(27(24)31)9-7-19-8-14-25(26(30)15-19)29(32,33)34/h8,10-16,20,28H,2-7,9,17-18H2,1H3. The Balaban J connectivity index is 1.38. The molecule has 0 N–H and O–H groups in total. The molecule has 0 spiro atoms. The first-order chi connectivity index (χ1) is 17.3. The molecule has 0 radical (unpaired) electrons. The lowest BCUT2D eigenvalue weighted by Gasteiger charge is -2.30. The van der Waals surface area contributed by atoms with Crippen molar-refractivity contribution in [3.63, 3.8) is 0 Å². The lowest BCUT2D eigenvalue weighted by Crippen LogP contribution is -2.27. The maximum Gasteiger partial charge on any atom is 0.419 e. The van der Waals surface area contributed by atoms with E-state index in [-0.39, 0.29) is 18.7 Å². The Morgan fingerprint density at radius 1 is 0.861 bits per heavy atom. The van der Waals surface area contributed by atoms with E-state index in [2.05, 4.69) is 6.92 Å². The smallest absolute Gasteiger partial charge is 0.348 e. The van der Waals surface area contributed by atoms with Gasteiger partial charge in [-0.3, -0.25) is 0 Å². The summed E-state index contributed by atoms with van der Waals surface area (Å²) < 4.78 is 79.2. The molecule has 1 aliphatic rings. The van der Waals surface area contributed by atoms with Crippen molar-refractivity contribution in [1.29, 1.82) is 0 Å². The average Bonchev–Trinajstić information content (AvgIpc) is 2.86. The summed E-state index contributed by atoms with van der Waals surface area (Å²) >= 11 is 0. The summed E-state index contributed by atoms with van der Waals surface area (Å²) in [6, 6.07) is 11.7. The topological polar surface area (TPSA) is 18.5 Å². The Labute approximate surface area is 208 Å². The zero-order valence-electron chi connectivity index (χ0n) is 20.3. The van der Waals surface area contributed by atoms with Gasteiger partial charge in [0.2, 0.25) is 0 Å². The van der Waals surface area contributed by atoms with Gasteiger partial charge < -0.3 is 9.47 Å². The second kappa shape index (κ2) is 11.7. The molecule has 1 heterocycles. The molecule has 7 heteroatoms. The second-order valence-electron chi connectivity index (χ2n) is 9.55. The van der Waals surface area contributed by atoms with E-state index in [4.69, 9.17) is 9.47 Å². The van der Waals surface area contributed by atoms with Crippen LogP contribution in [-0.4, -0.2) is 13.2 Å². The SMILES string of the molecule is CCCCCCC1COC(c2ccc3c(F)c(CCc4ccc(C(F)(F)F)c(F)c4)ccc3c2)OC1. The summed E-state index contributed by atoms with van der Waals surface area (Å²) in [5.41, 5.74) is 0.337. The van der Waals surface area contributed by atoms with Crippen molar-refractivity contribution in [1.82, 2.24) is 0 Å². The van der Waals surface area contributed by atoms with Crippen LogP contribution in [0.3, 0.4) is 0 Å². The van der Waals surface area contributed by atoms with E-state index < -0.39 is 23.8 Å². The molecule has 36 heavy (non-hydrogen) atoms. The van der Waals surface area contributed by atoms with E-state index in [1.54, 1.807) is 18.2 Å². The fourth-order valence-corrected chi connectivity index (χ4v) is 4.68. The normalized spacial score (nSPS) is 18.6. The lowest BCUT2D eigenvalue weighted by molar-refractivity contribution is -0.206. The molecule has 0 bridgehead atoms. The van der Waals surface area contributed by atoms with Gasteiger partial charge in [0.15, 0.2) is 6.29 Å². The Morgan fingerprint density at radius 2 is 1.64 bits per heavy atom. The van der Waals surface area contributed by atoms with Gasteiger partial charge in [-0.1, -0.05) is 62.9 Å². The number of fused-ring (bicyclic) bond motifs is 1. The van der Waals surface area contributed by atoms with Crippen LogP contribution < -0.4 is 0 Å². The summed E-state index contributed by atoms with van der Waals surface area (Å²) in [4.78, 5) is 0. The molecule has 0 unspecified atom stereocenters. The molecular formula is C29H31F5O2. The highest BCUT2D eigenvalue weighted by molar-refractivity contribution is 5.84. The maximum absolute atomic E-state index is 15.2. The van der Waals surface area contributed by atoms with Crippen LogP contribution in [0.25, 0.3) is 10.8 Å². The van der Waals surface area contributed by atoms with Crippen LogP contribution in [0.5, 0.6) is 0 Å². The predicted octanol–water partition coefficient (Wildman–Crippen LogP) is 8.55. The summed E-state index contributed by atoms with van der Waals surface area (Å²) in [5, 5.41) is 1.16. The second-order valence-corrected chi connectivity index (χ2v) is 9.55. The number of ether oxygens (including phenoxy) is 2. The molecule has 0 saturated carbocycles. The molecule has 3 aromatic rings. The van der Waals surface area contributed by atoms with E-state index in [0.29, 0.717) is 41.0 Å². The minimum absolute atomic E-state index is 0.221. The van der Waals surface area contributed by atoms with Crippen LogP contribution in [0.1, 0.15) is 67.6 Å². The zero-order chi connectivity index (χ0) is 25.7. The largest absolute Gasteiger partial charge is 0.419 e. The number of rotatable bonds is 9. The van der Waals surface area contributed by atoms with Crippen LogP contribution in [0.15, 0.2) is 48.5 Å². The third-order valence-corrected chi connectivity index (χ3v) is 6.78. The van der Waals surface area contributed by atoms with Gasteiger partial charge >= 0.3 is 6.18 Å². The molecule has 2 nitrogen and oxygen atoms in total. The Bertz CT molecular complexity index is 1170. The quantitative estimate of drug-likeness (QED) is 0.214. The summed E-state index contributed by atoms with van der Waals surface area (Å²) in [6.07, 6.45) is 1.22. The molecule has 0 aromatic heterocycles. The number of alkyl halides is 3. The highest BCUT2D eigenvalue weighted by Gasteiger charge is 2.33. The molecule has 1 saturated heterocycles. The van der Waals surface area contributed by atoms with Gasteiger partial charge in [-0.2, -0.15) is 13.2 Å². The van der Waals surface area contributed by atoms with Gasteiger partial charge in [-0.15, -0.1) is 0 Å². The van der Waals surface area contributed by atoms with E-state index in [1.807, 2.05) is 12.1 Å². The van der Waals surface area contributed by atoms with Crippen LogP contribution in [-0.2, 0) is 28.5 Å². The molecule has 1 fully saturated rings. The Kier molecular flexibility index (Phi) is 8.62. The molecule has 194 valence electrons. The van der Waals surface area contributed by atoms with Crippen LogP contribution in [0.4, 0.5) is 22.0 Å². The number of halogens is 5. The molecule has 0 amide bonds. The highest BCUT2D eigenvalue weighted by atomic mass is 19.4. The van der Waals surface area contributed by atoms with E-state index in [1.165, 1.54) is 31.7 Å². The van der Waals surface area contributed by atoms with Crippen molar-refractivity contribution in [3.8, 4) is 0 Å². The van der Waals surface area contributed by atoms with E-state index in [9.17, 15) is 17.6 Å². The number of hydrogen-bond donors (Lipinski definition) is 0.